The van der Waals surface area contributed by atoms with Crippen molar-refractivity contribution in [2.75, 3.05) is 6.61 Å². The molecule has 1 aliphatic heterocycles. The molecule has 0 saturated carbocycles. The van der Waals surface area contributed by atoms with Gasteiger partial charge in [0.2, 0.25) is 0 Å². The number of fused-ring (bicyclic) bond motifs is 1. The molecule has 0 spiro atoms. The van der Waals surface area contributed by atoms with E-state index in [1.165, 1.54) is 28.8 Å². The Labute approximate surface area is 187 Å². The first-order chi connectivity index (χ1) is 15.6. The van der Waals surface area contributed by atoms with Crippen LogP contribution in [0.4, 0.5) is 4.39 Å². The number of halogens is 1. The average molecular weight is 428 g/mol. The minimum Gasteiger partial charge on any atom is -0.375 e. The zero-order valence-corrected chi connectivity index (χ0v) is 18.4. The molecule has 0 amide bonds. The van der Waals surface area contributed by atoms with E-state index in [1.54, 1.807) is 24.5 Å². The van der Waals surface area contributed by atoms with E-state index in [9.17, 15) is 4.39 Å². The standard InChI is InChI=1S/C27H26FN3O/c1-18-3-4-19(2)22(15-18)16-32-17-24-9-10-25-30-26(20-5-7-23(28)8-6-20)27(31(24)25)21-11-13-29-14-12-21/h3-8,11-15,24H,9-10,16-17H2,1-2H3. The summed E-state index contributed by atoms with van der Waals surface area (Å²) in [6.45, 7) is 5.45. The van der Waals surface area contributed by atoms with Gasteiger partial charge < -0.3 is 9.30 Å². The van der Waals surface area contributed by atoms with Crippen molar-refractivity contribution in [1.29, 1.82) is 0 Å². The van der Waals surface area contributed by atoms with Gasteiger partial charge in [-0.3, -0.25) is 4.98 Å². The molecule has 4 aromatic rings. The Balaban J connectivity index is 1.46. The number of pyridine rings is 1. The van der Waals surface area contributed by atoms with Crippen molar-refractivity contribution in [2.45, 2.75) is 39.3 Å². The van der Waals surface area contributed by atoms with Crippen molar-refractivity contribution >= 4 is 0 Å². The van der Waals surface area contributed by atoms with Crippen LogP contribution in [0.5, 0.6) is 0 Å². The number of aryl methyl sites for hydroxylation is 3. The predicted molar refractivity (Wildman–Crippen MR) is 124 cm³/mol. The second-order valence-corrected chi connectivity index (χ2v) is 8.48. The second-order valence-electron chi connectivity index (χ2n) is 8.48. The van der Waals surface area contributed by atoms with Crippen LogP contribution in [-0.4, -0.2) is 21.1 Å². The monoisotopic (exact) mass is 427 g/mol. The number of benzene rings is 2. The molecular weight excluding hydrogens is 401 g/mol. The Bertz CT molecular complexity index is 1230. The fourth-order valence-electron chi connectivity index (χ4n) is 4.49. The van der Waals surface area contributed by atoms with E-state index >= 15 is 0 Å². The molecule has 5 heteroatoms. The zero-order chi connectivity index (χ0) is 22.1. The number of nitrogens with zero attached hydrogens (tertiary/aromatic N) is 3. The van der Waals surface area contributed by atoms with Crippen LogP contribution in [0, 0.1) is 19.7 Å². The molecule has 4 nitrogen and oxygen atoms in total. The van der Waals surface area contributed by atoms with Gasteiger partial charge >= 0.3 is 0 Å². The molecule has 5 rings (SSSR count). The molecule has 2 aromatic carbocycles. The van der Waals surface area contributed by atoms with E-state index in [0.29, 0.717) is 13.2 Å². The Hall–Kier alpha value is -3.31. The molecule has 32 heavy (non-hydrogen) atoms. The SMILES string of the molecule is Cc1ccc(C)c(COCC2CCc3nc(-c4ccc(F)cc4)c(-c4ccncc4)n32)c1. The summed E-state index contributed by atoms with van der Waals surface area (Å²) in [5, 5.41) is 0. The number of hydrogen-bond acceptors (Lipinski definition) is 3. The highest BCUT2D eigenvalue weighted by atomic mass is 19.1. The van der Waals surface area contributed by atoms with Crippen molar-refractivity contribution in [3.63, 3.8) is 0 Å². The maximum absolute atomic E-state index is 13.5. The lowest BCUT2D eigenvalue weighted by atomic mass is 10.0. The third-order valence-electron chi connectivity index (χ3n) is 6.19. The minimum absolute atomic E-state index is 0.208. The van der Waals surface area contributed by atoms with Crippen molar-refractivity contribution in [3.8, 4) is 22.5 Å². The summed E-state index contributed by atoms with van der Waals surface area (Å²) in [6.07, 6.45) is 5.49. The van der Waals surface area contributed by atoms with Crippen molar-refractivity contribution in [1.82, 2.24) is 14.5 Å². The summed E-state index contributed by atoms with van der Waals surface area (Å²) in [7, 11) is 0. The van der Waals surface area contributed by atoms with Gasteiger partial charge in [-0.05, 0) is 67.8 Å². The van der Waals surface area contributed by atoms with E-state index in [-0.39, 0.29) is 11.9 Å². The number of aromatic nitrogens is 3. The van der Waals surface area contributed by atoms with E-state index in [2.05, 4.69) is 41.6 Å². The number of imidazole rings is 1. The second kappa shape index (κ2) is 8.67. The van der Waals surface area contributed by atoms with Gasteiger partial charge in [0.15, 0.2) is 0 Å². The minimum atomic E-state index is -0.247. The van der Waals surface area contributed by atoms with Crippen molar-refractivity contribution < 1.29 is 9.13 Å². The first-order valence-electron chi connectivity index (χ1n) is 11.0. The van der Waals surface area contributed by atoms with Gasteiger partial charge in [-0.25, -0.2) is 9.37 Å². The fraction of sp³-hybridized carbons (Fsp3) is 0.259. The normalized spacial score (nSPS) is 15.2. The average Bonchev–Trinajstić information content (AvgIpc) is 3.37. The molecule has 2 aromatic heterocycles. The van der Waals surface area contributed by atoms with Gasteiger partial charge in [-0.1, -0.05) is 23.8 Å². The highest BCUT2D eigenvalue weighted by Crippen LogP contribution is 2.39. The van der Waals surface area contributed by atoms with Gasteiger partial charge in [0, 0.05) is 29.9 Å². The molecule has 162 valence electrons. The van der Waals surface area contributed by atoms with E-state index in [0.717, 1.165) is 41.2 Å². The molecule has 3 heterocycles. The lowest BCUT2D eigenvalue weighted by Crippen LogP contribution is -2.13. The molecule has 0 fully saturated rings. The summed E-state index contributed by atoms with van der Waals surface area (Å²) in [5.74, 6) is 0.806. The van der Waals surface area contributed by atoms with Crippen LogP contribution in [0.3, 0.4) is 0 Å². The summed E-state index contributed by atoms with van der Waals surface area (Å²) in [6, 6.07) is 17.3. The van der Waals surface area contributed by atoms with Gasteiger partial charge in [-0.15, -0.1) is 0 Å². The van der Waals surface area contributed by atoms with Crippen LogP contribution < -0.4 is 0 Å². The topological polar surface area (TPSA) is 39.9 Å². The molecule has 0 N–H and O–H groups in total. The molecule has 0 saturated heterocycles. The number of rotatable bonds is 6. The quantitative estimate of drug-likeness (QED) is 0.375. The highest BCUT2D eigenvalue weighted by Gasteiger charge is 2.30. The molecule has 0 aliphatic carbocycles. The van der Waals surface area contributed by atoms with Gasteiger partial charge in [0.1, 0.15) is 11.6 Å². The van der Waals surface area contributed by atoms with Gasteiger partial charge in [-0.2, -0.15) is 0 Å². The molecule has 0 bridgehead atoms. The molecule has 1 aliphatic rings. The van der Waals surface area contributed by atoms with E-state index in [1.807, 2.05) is 12.1 Å². The first kappa shape index (κ1) is 20.6. The zero-order valence-electron chi connectivity index (χ0n) is 18.4. The summed E-state index contributed by atoms with van der Waals surface area (Å²) >= 11 is 0. The Morgan fingerprint density at radius 1 is 1.00 bits per heavy atom. The molecule has 1 atom stereocenters. The van der Waals surface area contributed by atoms with Crippen LogP contribution in [0.1, 0.15) is 35.0 Å². The lowest BCUT2D eigenvalue weighted by molar-refractivity contribution is 0.0921. The van der Waals surface area contributed by atoms with Crippen LogP contribution >= 0.6 is 0 Å². The largest absolute Gasteiger partial charge is 0.375 e. The third kappa shape index (κ3) is 3.96. The maximum Gasteiger partial charge on any atom is 0.123 e. The Morgan fingerprint density at radius 3 is 2.56 bits per heavy atom. The maximum atomic E-state index is 13.5. The van der Waals surface area contributed by atoms with Gasteiger partial charge in [0.05, 0.1) is 30.6 Å². The van der Waals surface area contributed by atoms with E-state index < -0.39 is 0 Å². The smallest absolute Gasteiger partial charge is 0.123 e. The fourth-order valence-corrected chi connectivity index (χ4v) is 4.49. The number of ether oxygens (including phenoxy) is 1. The number of hydrogen-bond donors (Lipinski definition) is 0. The summed E-state index contributed by atoms with van der Waals surface area (Å²) < 4.78 is 22.1. The van der Waals surface area contributed by atoms with Crippen LogP contribution in [0.25, 0.3) is 22.5 Å². The Kier molecular flexibility index (Phi) is 5.58. The molecule has 0 radical (unpaired) electrons. The van der Waals surface area contributed by atoms with Gasteiger partial charge in [0.25, 0.3) is 0 Å². The summed E-state index contributed by atoms with van der Waals surface area (Å²) in [5.41, 5.74) is 7.62. The van der Waals surface area contributed by atoms with E-state index in [4.69, 9.17) is 9.72 Å². The highest BCUT2D eigenvalue weighted by molar-refractivity contribution is 5.79. The summed E-state index contributed by atoms with van der Waals surface area (Å²) in [4.78, 5) is 9.15. The predicted octanol–water partition coefficient (Wildman–Crippen LogP) is 6.07. The van der Waals surface area contributed by atoms with Crippen LogP contribution in [0.15, 0.2) is 67.0 Å². The Morgan fingerprint density at radius 2 is 1.78 bits per heavy atom. The first-order valence-corrected chi connectivity index (χ1v) is 11.0. The van der Waals surface area contributed by atoms with Crippen molar-refractivity contribution in [3.05, 3.63) is 95.3 Å². The van der Waals surface area contributed by atoms with Crippen LogP contribution in [-0.2, 0) is 17.8 Å². The molecule has 1 unspecified atom stereocenters. The molecular formula is C27H26FN3O. The third-order valence-corrected chi connectivity index (χ3v) is 6.19. The van der Waals surface area contributed by atoms with Crippen LogP contribution in [0.2, 0.25) is 0 Å². The lowest BCUT2D eigenvalue weighted by Gasteiger charge is -2.18. The van der Waals surface area contributed by atoms with Crippen molar-refractivity contribution in [2.24, 2.45) is 0 Å².